The van der Waals surface area contributed by atoms with E-state index in [9.17, 15) is 5.11 Å². The summed E-state index contributed by atoms with van der Waals surface area (Å²) < 4.78 is 4.91. The molecule has 2 heterocycles. The lowest BCUT2D eigenvalue weighted by Gasteiger charge is -2.01. The molecule has 0 amide bonds. The molecule has 0 aromatic carbocycles. The van der Waals surface area contributed by atoms with E-state index in [-0.39, 0.29) is 6.10 Å². The first-order valence-electron chi connectivity index (χ1n) is 3.50. The van der Waals surface area contributed by atoms with Gasteiger partial charge in [-0.1, -0.05) is 0 Å². The summed E-state index contributed by atoms with van der Waals surface area (Å²) in [4.78, 5) is 0. The molecule has 5 heteroatoms. The van der Waals surface area contributed by atoms with Gasteiger partial charge in [-0.3, -0.25) is 0 Å². The Bertz CT molecular complexity index is 220. The van der Waals surface area contributed by atoms with E-state index in [4.69, 9.17) is 4.74 Å². The Morgan fingerprint density at radius 1 is 1.91 bits per heavy atom. The number of epoxide rings is 1. The quantitative estimate of drug-likeness (QED) is 0.555. The molecule has 1 aliphatic heterocycles. The summed E-state index contributed by atoms with van der Waals surface area (Å²) in [6, 6.07) is 0. The van der Waals surface area contributed by atoms with E-state index in [2.05, 4.69) is 15.4 Å². The topological polar surface area (TPSA) is 74.3 Å². The van der Waals surface area contributed by atoms with E-state index in [1.807, 2.05) is 0 Å². The van der Waals surface area contributed by atoms with Gasteiger partial charge in [0.05, 0.1) is 24.6 Å². The van der Waals surface area contributed by atoms with Crippen molar-refractivity contribution in [3.8, 4) is 0 Å². The SMILES string of the molecule is OC(Cc1cn[nH]n1)C1CO1. The fourth-order valence-electron chi connectivity index (χ4n) is 0.947. The first-order valence-corrected chi connectivity index (χ1v) is 3.50. The van der Waals surface area contributed by atoms with E-state index in [1.165, 1.54) is 0 Å². The Balaban J connectivity index is 1.89. The number of ether oxygens (including phenoxy) is 1. The summed E-state index contributed by atoms with van der Waals surface area (Å²) in [5, 5.41) is 19.3. The highest BCUT2D eigenvalue weighted by Crippen LogP contribution is 2.16. The number of hydrogen-bond acceptors (Lipinski definition) is 4. The van der Waals surface area contributed by atoms with Gasteiger partial charge in [0.2, 0.25) is 0 Å². The summed E-state index contributed by atoms with van der Waals surface area (Å²) in [5.74, 6) is 0. The second kappa shape index (κ2) is 2.60. The van der Waals surface area contributed by atoms with Crippen LogP contribution in [-0.2, 0) is 11.2 Å². The summed E-state index contributed by atoms with van der Waals surface area (Å²) in [6.45, 7) is 0.666. The van der Waals surface area contributed by atoms with Gasteiger partial charge in [-0.25, -0.2) is 0 Å². The van der Waals surface area contributed by atoms with Crippen molar-refractivity contribution >= 4 is 0 Å². The molecule has 0 saturated carbocycles. The van der Waals surface area contributed by atoms with Gasteiger partial charge in [-0.05, 0) is 0 Å². The molecule has 60 valence electrons. The van der Waals surface area contributed by atoms with Crippen LogP contribution in [-0.4, -0.2) is 39.3 Å². The molecule has 1 aromatic rings. The van der Waals surface area contributed by atoms with Crippen molar-refractivity contribution in [3.63, 3.8) is 0 Å². The predicted octanol–water partition coefficient (Wildman–Crippen LogP) is -0.893. The minimum absolute atomic E-state index is 0.0201. The number of H-pyrrole nitrogens is 1. The zero-order valence-corrected chi connectivity index (χ0v) is 5.90. The average molecular weight is 155 g/mol. The molecule has 1 aliphatic rings. The van der Waals surface area contributed by atoms with Gasteiger partial charge < -0.3 is 9.84 Å². The van der Waals surface area contributed by atoms with E-state index in [0.29, 0.717) is 13.0 Å². The lowest BCUT2D eigenvalue weighted by molar-refractivity contribution is 0.134. The largest absolute Gasteiger partial charge is 0.390 e. The molecule has 2 atom stereocenters. The van der Waals surface area contributed by atoms with Crippen molar-refractivity contribution in [1.29, 1.82) is 0 Å². The molecule has 2 unspecified atom stereocenters. The fraction of sp³-hybridized carbons (Fsp3) is 0.667. The third kappa shape index (κ3) is 1.55. The number of aromatic amines is 1. The number of nitrogens with one attached hydrogen (secondary N) is 1. The van der Waals surface area contributed by atoms with E-state index >= 15 is 0 Å². The van der Waals surface area contributed by atoms with E-state index in [0.717, 1.165) is 5.69 Å². The molecule has 2 N–H and O–H groups in total. The van der Waals surface area contributed by atoms with Crippen molar-refractivity contribution in [2.24, 2.45) is 0 Å². The Labute approximate surface area is 63.4 Å². The first kappa shape index (κ1) is 6.75. The van der Waals surface area contributed by atoms with Crippen molar-refractivity contribution in [1.82, 2.24) is 15.4 Å². The van der Waals surface area contributed by atoms with E-state index in [1.54, 1.807) is 6.20 Å². The number of aliphatic hydroxyl groups is 1. The minimum Gasteiger partial charge on any atom is -0.390 e. The predicted molar refractivity (Wildman–Crippen MR) is 35.8 cm³/mol. The Kier molecular flexibility index (Phi) is 1.59. The monoisotopic (exact) mass is 155 g/mol. The van der Waals surface area contributed by atoms with Crippen molar-refractivity contribution in [3.05, 3.63) is 11.9 Å². The number of aliphatic hydroxyl groups excluding tert-OH is 1. The van der Waals surface area contributed by atoms with Gasteiger partial charge in [-0.2, -0.15) is 15.4 Å². The van der Waals surface area contributed by atoms with Crippen molar-refractivity contribution in [2.45, 2.75) is 18.6 Å². The van der Waals surface area contributed by atoms with Crippen LogP contribution in [0.15, 0.2) is 6.20 Å². The van der Waals surface area contributed by atoms with Gasteiger partial charge in [0.25, 0.3) is 0 Å². The molecule has 0 bridgehead atoms. The van der Waals surface area contributed by atoms with Crippen LogP contribution in [0.2, 0.25) is 0 Å². The lowest BCUT2D eigenvalue weighted by atomic mass is 10.1. The van der Waals surface area contributed by atoms with Crippen molar-refractivity contribution < 1.29 is 9.84 Å². The third-order valence-electron chi connectivity index (χ3n) is 1.67. The van der Waals surface area contributed by atoms with Crippen LogP contribution in [0.25, 0.3) is 0 Å². The Morgan fingerprint density at radius 2 is 2.73 bits per heavy atom. The number of aromatic nitrogens is 3. The number of nitrogens with zero attached hydrogens (tertiary/aromatic N) is 2. The highest BCUT2D eigenvalue weighted by atomic mass is 16.6. The second-order valence-electron chi connectivity index (χ2n) is 2.60. The smallest absolute Gasteiger partial charge is 0.107 e. The molecule has 0 aliphatic carbocycles. The van der Waals surface area contributed by atoms with Gasteiger partial charge in [0, 0.05) is 6.42 Å². The van der Waals surface area contributed by atoms with Crippen LogP contribution in [0.5, 0.6) is 0 Å². The molecule has 2 rings (SSSR count). The fourth-order valence-corrected chi connectivity index (χ4v) is 0.947. The Hall–Kier alpha value is -0.940. The highest BCUT2D eigenvalue weighted by Gasteiger charge is 2.31. The van der Waals surface area contributed by atoms with Crippen LogP contribution in [0.1, 0.15) is 5.69 Å². The number of hydrogen-bond donors (Lipinski definition) is 2. The summed E-state index contributed by atoms with van der Waals surface area (Å²) in [5.41, 5.74) is 0.771. The first-order chi connectivity index (χ1) is 5.36. The standard InChI is InChI=1S/C6H9N3O2/c10-5(6-3-11-6)1-4-2-7-9-8-4/h2,5-6,10H,1,3H2,(H,7,8,9). The summed E-state index contributed by atoms with van der Waals surface area (Å²) >= 11 is 0. The molecule has 1 aromatic heterocycles. The van der Waals surface area contributed by atoms with Crippen LogP contribution >= 0.6 is 0 Å². The molecule has 5 nitrogen and oxygen atoms in total. The summed E-state index contributed by atoms with van der Waals surface area (Å²) in [7, 11) is 0. The van der Waals surface area contributed by atoms with Crippen LogP contribution in [0, 0.1) is 0 Å². The van der Waals surface area contributed by atoms with Gasteiger partial charge >= 0.3 is 0 Å². The van der Waals surface area contributed by atoms with Crippen LogP contribution < -0.4 is 0 Å². The zero-order valence-electron chi connectivity index (χ0n) is 5.90. The van der Waals surface area contributed by atoms with Crippen LogP contribution in [0.3, 0.4) is 0 Å². The number of rotatable bonds is 3. The Morgan fingerprint density at radius 3 is 3.27 bits per heavy atom. The normalized spacial score (nSPS) is 25.0. The molecule has 1 saturated heterocycles. The minimum atomic E-state index is -0.430. The van der Waals surface area contributed by atoms with Gasteiger partial charge in [0.1, 0.15) is 6.10 Å². The molecular formula is C6H9N3O2. The van der Waals surface area contributed by atoms with Gasteiger partial charge in [0.15, 0.2) is 0 Å². The second-order valence-corrected chi connectivity index (χ2v) is 2.60. The highest BCUT2D eigenvalue weighted by molar-refractivity contribution is 4.96. The lowest BCUT2D eigenvalue weighted by Crippen LogP contribution is -2.17. The van der Waals surface area contributed by atoms with E-state index < -0.39 is 6.10 Å². The molecule has 11 heavy (non-hydrogen) atoms. The molecular weight excluding hydrogens is 146 g/mol. The molecule has 0 spiro atoms. The average Bonchev–Trinajstić information content (AvgIpc) is 2.73. The van der Waals surface area contributed by atoms with Gasteiger partial charge in [-0.15, -0.1) is 0 Å². The molecule has 1 fully saturated rings. The summed E-state index contributed by atoms with van der Waals surface area (Å²) in [6.07, 6.45) is 1.71. The maximum Gasteiger partial charge on any atom is 0.107 e. The maximum atomic E-state index is 9.35. The molecule has 0 radical (unpaired) electrons. The third-order valence-corrected chi connectivity index (χ3v) is 1.67. The van der Waals surface area contributed by atoms with Crippen molar-refractivity contribution in [2.75, 3.05) is 6.61 Å². The van der Waals surface area contributed by atoms with Crippen LogP contribution in [0.4, 0.5) is 0 Å². The maximum absolute atomic E-state index is 9.35. The zero-order chi connectivity index (χ0) is 7.68.